The van der Waals surface area contributed by atoms with Crippen molar-refractivity contribution in [3.63, 3.8) is 0 Å². The molecule has 0 bridgehead atoms. The Labute approximate surface area is 108 Å². The van der Waals surface area contributed by atoms with Crippen LogP contribution in [0, 0.1) is 5.92 Å². The molecule has 4 heteroatoms. The molecule has 0 spiro atoms. The molecule has 1 fully saturated rings. The number of likely N-dealkylation sites (tertiary alicyclic amines) is 1. The average Bonchev–Trinajstić information content (AvgIpc) is 2.27. The van der Waals surface area contributed by atoms with Crippen LogP contribution in [-0.2, 0) is 0 Å². The Hall–Kier alpha value is -1.55. The van der Waals surface area contributed by atoms with E-state index in [0.717, 1.165) is 18.8 Å². The van der Waals surface area contributed by atoms with Crippen LogP contribution in [0.2, 0.25) is 0 Å². The number of ether oxygens (including phenoxy) is 1. The van der Waals surface area contributed by atoms with Gasteiger partial charge in [-0.05, 0) is 38.6 Å². The Bertz CT molecular complexity index is 426. The van der Waals surface area contributed by atoms with Gasteiger partial charge in [0.15, 0.2) is 0 Å². The molecule has 0 aromatic heterocycles. The van der Waals surface area contributed by atoms with Crippen molar-refractivity contribution in [2.24, 2.45) is 11.7 Å². The van der Waals surface area contributed by atoms with Crippen LogP contribution in [0.25, 0.3) is 0 Å². The van der Waals surface area contributed by atoms with E-state index in [1.165, 1.54) is 0 Å². The number of benzene rings is 1. The summed E-state index contributed by atoms with van der Waals surface area (Å²) in [6.45, 7) is 6.13. The molecule has 0 radical (unpaired) electrons. The molecule has 4 nitrogen and oxygen atoms in total. The van der Waals surface area contributed by atoms with Crippen LogP contribution in [0.1, 0.15) is 24.2 Å². The average molecular weight is 248 g/mol. The highest BCUT2D eigenvalue weighted by atomic mass is 16.5. The smallest absolute Gasteiger partial charge is 0.254 e. The molecule has 1 saturated heterocycles. The summed E-state index contributed by atoms with van der Waals surface area (Å²) in [6, 6.07) is 7.35. The molecule has 1 aliphatic heterocycles. The Balaban J connectivity index is 2.02. The first-order valence-corrected chi connectivity index (χ1v) is 6.36. The topological polar surface area (TPSA) is 55.6 Å². The molecule has 18 heavy (non-hydrogen) atoms. The minimum Gasteiger partial charge on any atom is -0.491 e. The molecule has 0 atom stereocenters. The van der Waals surface area contributed by atoms with Gasteiger partial charge < -0.3 is 15.4 Å². The lowest BCUT2D eigenvalue weighted by molar-refractivity contribution is 0.0515. The maximum Gasteiger partial charge on any atom is 0.254 e. The molecule has 0 aliphatic carbocycles. The Morgan fingerprint density at radius 1 is 1.50 bits per heavy atom. The fourth-order valence-electron chi connectivity index (χ4n) is 2.04. The third-order valence-corrected chi connectivity index (χ3v) is 3.03. The molecule has 1 aromatic rings. The molecule has 98 valence electrons. The predicted octanol–water partition coefficient (Wildman–Crippen LogP) is 1.50. The Morgan fingerprint density at radius 3 is 2.83 bits per heavy atom. The highest BCUT2D eigenvalue weighted by molar-refractivity contribution is 5.95. The third-order valence-electron chi connectivity index (χ3n) is 3.03. The van der Waals surface area contributed by atoms with E-state index in [0.29, 0.717) is 18.0 Å². The van der Waals surface area contributed by atoms with Crippen molar-refractivity contribution in [1.82, 2.24) is 4.90 Å². The van der Waals surface area contributed by atoms with Crippen molar-refractivity contribution in [2.45, 2.75) is 20.0 Å². The second-order valence-electron chi connectivity index (χ2n) is 5.01. The SMILES string of the molecule is CC(C)Oc1cccc(C(=O)N2CC(CN)C2)c1. The van der Waals surface area contributed by atoms with Crippen molar-refractivity contribution in [1.29, 1.82) is 0 Å². The van der Waals surface area contributed by atoms with Gasteiger partial charge in [0.1, 0.15) is 5.75 Å². The molecule has 2 N–H and O–H groups in total. The molecule has 2 rings (SSSR count). The maximum atomic E-state index is 12.2. The van der Waals surface area contributed by atoms with Crippen LogP contribution in [-0.4, -0.2) is 36.5 Å². The minimum absolute atomic E-state index is 0.0638. The van der Waals surface area contributed by atoms with E-state index < -0.39 is 0 Å². The van der Waals surface area contributed by atoms with Gasteiger partial charge in [0.2, 0.25) is 0 Å². The van der Waals surface area contributed by atoms with Gasteiger partial charge in [-0.15, -0.1) is 0 Å². The van der Waals surface area contributed by atoms with Crippen LogP contribution in [0.5, 0.6) is 5.75 Å². The highest BCUT2D eigenvalue weighted by Crippen LogP contribution is 2.20. The molecule has 0 unspecified atom stereocenters. The predicted molar refractivity (Wildman–Crippen MR) is 70.7 cm³/mol. The van der Waals surface area contributed by atoms with Crippen LogP contribution < -0.4 is 10.5 Å². The van der Waals surface area contributed by atoms with E-state index in [1.807, 2.05) is 36.9 Å². The van der Waals surface area contributed by atoms with Gasteiger partial charge in [-0.25, -0.2) is 0 Å². The number of hydrogen-bond donors (Lipinski definition) is 1. The van der Waals surface area contributed by atoms with E-state index in [9.17, 15) is 4.79 Å². The normalized spacial score (nSPS) is 15.7. The zero-order valence-electron chi connectivity index (χ0n) is 10.9. The van der Waals surface area contributed by atoms with Crippen molar-refractivity contribution in [3.8, 4) is 5.75 Å². The fraction of sp³-hybridized carbons (Fsp3) is 0.500. The first-order valence-electron chi connectivity index (χ1n) is 6.36. The summed E-state index contributed by atoms with van der Waals surface area (Å²) < 4.78 is 5.59. The van der Waals surface area contributed by atoms with E-state index in [-0.39, 0.29) is 12.0 Å². The van der Waals surface area contributed by atoms with Crippen molar-refractivity contribution < 1.29 is 9.53 Å². The summed E-state index contributed by atoms with van der Waals surface area (Å²) in [7, 11) is 0. The van der Waals surface area contributed by atoms with Gasteiger partial charge in [0, 0.05) is 24.6 Å². The monoisotopic (exact) mass is 248 g/mol. The zero-order valence-corrected chi connectivity index (χ0v) is 10.9. The van der Waals surface area contributed by atoms with Gasteiger partial charge in [0.05, 0.1) is 6.10 Å². The first kappa shape index (κ1) is 12.9. The van der Waals surface area contributed by atoms with Crippen LogP contribution in [0.15, 0.2) is 24.3 Å². The van der Waals surface area contributed by atoms with Crippen LogP contribution >= 0.6 is 0 Å². The molecule has 1 amide bonds. The number of nitrogens with zero attached hydrogens (tertiary/aromatic N) is 1. The lowest BCUT2D eigenvalue weighted by Crippen LogP contribution is -2.52. The molecular formula is C14H20N2O2. The molecular weight excluding hydrogens is 228 g/mol. The van der Waals surface area contributed by atoms with E-state index in [2.05, 4.69) is 0 Å². The van der Waals surface area contributed by atoms with Gasteiger partial charge in [-0.2, -0.15) is 0 Å². The summed E-state index contributed by atoms with van der Waals surface area (Å²) in [5, 5.41) is 0. The largest absolute Gasteiger partial charge is 0.491 e. The molecule has 0 saturated carbocycles. The minimum atomic E-state index is 0.0638. The van der Waals surface area contributed by atoms with Gasteiger partial charge in [-0.3, -0.25) is 4.79 Å². The summed E-state index contributed by atoms with van der Waals surface area (Å²) in [4.78, 5) is 14.0. The summed E-state index contributed by atoms with van der Waals surface area (Å²) in [5.74, 6) is 1.27. The van der Waals surface area contributed by atoms with Gasteiger partial charge in [-0.1, -0.05) is 6.07 Å². The zero-order chi connectivity index (χ0) is 13.1. The standard InChI is InChI=1S/C14H20N2O2/c1-10(2)18-13-5-3-4-12(6-13)14(17)16-8-11(7-15)9-16/h3-6,10-11H,7-9,15H2,1-2H3. The fourth-order valence-corrected chi connectivity index (χ4v) is 2.04. The number of carbonyl (C=O) groups is 1. The number of rotatable bonds is 4. The summed E-state index contributed by atoms with van der Waals surface area (Å²) in [6.07, 6.45) is 0.112. The first-order chi connectivity index (χ1) is 8.60. The highest BCUT2D eigenvalue weighted by Gasteiger charge is 2.30. The second-order valence-corrected chi connectivity index (χ2v) is 5.01. The lowest BCUT2D eigenvalue weighted by Gasteiger charge is -2.38. The summed E-state index contributed by atoms with van der Waals surface area (Å²) in [5.41, 5.74) is 6.24. The van der Waals surface area contributed by atoms with Crippen molar-refractivity contribution >= 4 is 5.91 Å². The third kappa shape index (κ3) is 2.82. The number of carbonyl (C=O) groups excluding carboxylic acids is 1. The van der Waals surface area contributed by atoms with Gasteiger partial charge >= 0.3 is 0 Å². The van der Waals surface area contributed by atoms with Gasteiger partial charge in [0.25, 0.3) is 5.91 Å². The Kier molecular flexibility index (Phi) is 3.87. The quantitative estimate of drug-likeness (QED) is 0.878. The van der Waals surface area contributed by atoms with E-state index in [4.69, 9.17) is 10.5 Å². The van der Waals surface area contributed by atoms with Crippen LogP contribution in [0.3, 0.4) is 0 Å². The van der Waals surface area contributed by atoms with Crippen molar-refractivity contribution in [2.75, 3.05) is 19.6 Å². The lowest BCUT2D eigenvalue weighted by atomic mass is 9.99. The maximum absolute atomic E-state index is 12.2. The number of nitrogens with two attached hydrogens (primary N) is 1. The van der Waals surface area contributed by atoms with E-state index in [1.54, 1.807) is 6.07 Å². The second kappa shape index (κ2) is 5.40. The van der Waals surface area contributed by atoms with Crippen molar-refractivity contribution in [3.05, 3.63) is 29.8 Å². The molecule has 1 aromatic carbocycles. The Morgan fingerprint density at radius 2 is 2.22 bits per heavy atom. The number of hydrogen-bond acceptors (Lipinski definition) is 3. The molecule has 1 aliphatic rings. The van der Waals surface area contributed by atoms with E-state index >= 15 is 0 Å². The van der Waals surface area contributed by atoms with Crippen LogP contribution in [0.4, 0.5) is 0 Å². The summed E-state index contributed by atoms with van der Waals surface area (Å²) >= 11 is 0. The molecule has 1 heterocycles. The number of amides is 1.